The van der Waals surface area contributed by atoms with Crippen LogP contribution in [-0.4, -0.2) is 16.0 Å². The van der Waals surface area contributed by atoms with Crippen molar-refractivity contribution in [3.63, 3.8) is 0 Å². The minimum absolute atomic E-state index is 0.0784. The van der Waals surface area contributed by atoms with Crippen LogP contribution in [0.25, 0.3) is 144 Å². The highest BCUT2D eigenvalue weighted by Crippen LogP contribution is 2.55. The number of aromatic nitrogens is 1. The van der Waals surface area contributed by atoms with Crippen molar-refractivity contribution < 1.29 is 0 Å². The van der Waals surface area contributed by atoms with Crippen LogP contribution in [0.2, 0.25) is 0 Å². The third-order valence-corrected chi connectivity index (χ3v) is 26.3. The van der Waals surface area contributed by atoms with Gasteiger partial charge in [0, 0.05) is 55.1 Å². The maximum atomic E-state index is 10.2. The number of nitrogens with zero attached hydrogens (tertiary/aromatic N) is 3. The van der Waals surface area contributed by atoms with Gasteiger partial charge in [-0.1, -0.05) is 298 Å². The number of nitrogens with one attached hydrogen (secondary N) is 1. The average molecular weight is 1470 g/mol. The van der Waals surface area contributed by atoms with E-state index < -0.39 is 0 Å². The molecule has 0 amide bonds. The van der Waals surface area contributed by atoms with E-state index >= 15 is 0 Å². The lowest BCUT2D eigenvalue weighted by Gasteiger charge is -2.31. The number of hydrogen-bond acceptors (Lipinski definition) is 4. The molecule has 0 bridgehead atoms. The fraction of sp³-hybridized carbons (Fsp3) is 0.111. The van der Waals surface area contributed by atoms with Crippen LogP contribution in [0.3, 0.4) is 0 Å². The Morgan fingerprint density at radius 1 is 0.274 bits per heavy atom. The second-order valence-electron chi connectivity index (χ2n) is 33.6. The lowest BCUT2D eigenvalue weighted by atomic mass is 9.81. The van der Waals surface area contributed by atoms with Gasteiger partial charge in [-0.25, -0.2) is 4.40 Å². The Hall–Kier alpha value is -12.9. The minimum Gasteiger partial charge on any atom is -0.309 e. The van der Waals surface area contributed by atoms with Crippen LogP contribution in [0.1, 0.15) is 105 Å². The molecule has 0 unspecified atom stereocenters. The summed E-state index contributed by atoms with van der Waals surface area (Å²) in [5.41, 5.74) is 43.5. The van der Waals surface area contributed by atoms with Crippen molar-refractivity contribution in [3.05, 3.63) is 396 Å². The molecular formula is C108H82N4S. The van der Waals surface area contributed by atoms with Gasteiger partial charge in [0.2, 0.25) is 0 Å². The minimum atomic E-state index is -0.121. The Kier molecular flexibility index (Phi) is 15.3. The summed E-state index contributed by atoms with van der Waals surface area (Å²) >= 11 is 4.73. The predicted molar refractivity (Wildman–Crippen MR) is 479 cm³/mol. The zero-order valence-corrected chi connectivity index (χ0v) is 65.5. The van der Waals surface area contributed by atoms with Gasteiger partial charge < -0.3 is 9.47 Å². The fourth-order valence-electron chi connectivity index (χ4n) is 19.8. The SMILES string of the molecule is CC1(C)c2ccccc2-c2ccc(-c3ccc(-c4ccc5c(c4)c4cc(-c6ccc(-c7ccc8c(c7)C(C)(C)c7ccccc7-8)cc6)ccc4n5-c4ccc(C5=CC=C(N(c6ccc(-c7ccc8c(c7)C(C)(C)c7ccccc7-8)cc6)c6ccc(-c7ccc8c(c7)C(C)(C)c7ccccc7-8)cc6)/C(=N/S)C5=N)cc4)cc3)cc21. The fourth-order valence-corrected chi connectivity index (χ4v) is 20.0. The molecule has 5 heteroatoms. The smallest absolute Gasteiger partial charge is 0.121 e. The number of fused-ring (bicyclic) bond motifs is 15. The number of benzene rings is 15. The Balaban J connectivity index is 0.630. The highest BCUT2D eigenvalue weighted by molar-refractivity contribution is 7.79. The van der Waals surface area contributed by atoms with Crippen LogP contribution in [0.15, 0.2) is 350 Å². The molecule has 0 spiro atoms. The van der Waals surface area contributed by atoms with E-state index in [-0.39, 0.29) is 27.4 Å². The van der Waals surface area contributed by atoms with E-state index in [1.54, 1.807) is 0 Å². The highest BCUT2D eigenvalue weighted by Gasteiger charge is 2.40. The summed E-state index contributed by atoms with van der Waals surface area (Å²) in [5, 5.41) is 12.5. The van der Waals surface area contributed by atoms with Gasteiger partial charge in [0.1, 0.15) is 5.71 Å². The molecule has 1 N–H and O–H groups in total. The largest absolute Gasteiger partial charge is 0.309 e. The van der Waals surface area contributed by atoms with Crippen molar-refractivity contribution in [2.45, 2.75) is 77.0 Å². The number of anilines is 2. The number of allylic oxidation sites excluding steroid dienone is 4. The standard InChI is InChI=1S/C108H82N4S/c1-105(2)92-21-13-9-17-82(92)86-51-39-74(61-96(86)105)67-29-25-65(26-30-67)72-43-56-100-90(59-72)91-60-73(66-27-31-68(32-28-66)75-40-52-87-83-18-10-14-22-93(83)106(3,4)97(87)62-75)44-57-101(91)112(100)80-49-37-71(38-50-80)81-55-58-102(104(110-113)103(81)109)111(78-45-33-69(34-46-78)76-41-53-88-84-19-11-15-23-94(84)107(5,6)98(88)63-76)79-47-35-70(36-48-79)77-42-54-89-85-20-12-16-24-95(85)108(7,8)99(89)64-77/h9-64,109,113H,1-8H3/b109-103?,110-104-. The van der Waals surface area contributed by atoms with Gasteiger partial charge in [-0.05, 0) is 271 Å². The van der Waals surface area contributed by atoms with Crippen LogP contribution in [0.5, 0.6) is 0 Å². The number of hydrogen-bond donors (Lipinski definition) is 2. The summed E-state index contributed by atoms with van der Waals surface area (Å²) < 4.78 is 7.11. The summed E-state index contributed by atoms with van der Waals surface area (Å²) in [6.07, 6.45) is 4.20. The van der Waals surface area contributed by atoms with Crippen LogP contribution in [-0.2, 0) is 21.7 Å². The Morgan fingerprint density at radius 3 is 0.858 bits per heavy atom. The topological polar surface area (TPSA) is 44.4 Å². The zero-order chi connectivity index (χ0) is 76.6. The first-order chi connectivity index (χ1) is 54.9. The maximum Gasteiger partial charge on any atom is 0.121 e. The van der Waals surface area contributed by atoms with Gasteiger partial charge in [0.05, 0.1) is 22.4 Å². The van der Waals surface area contributed by atoms with Crippen LogP contribution in [0, 0.1) is 5.41 Å². The van der Waals surface area contributed by atoms with E-state index in [0.29, 0.717) is 5.71 Å². The third-order valence-electron chi connectivity index (χ3n) is 26.1. The number of thiol groups is 1. The van der Waals surface area contributed by atoms with E-state index in [1.807, 2.05) is 0 Å². The molecule has 113 heavy (non-hydrogen) atoms. The molecule has 4 nitrogen and oxygen atoms in total. The summed E-state index contributed by atoms with van der Waals surface area (Å²) in [4.78, 5) is 2.23. The van der Waals surface area contributed by atoms with Crippen molar-refractivity contribution in [1.82, 2.24) is 4.57 Å². The predicted octanol–water partition coefficient (Wildman–Crippen LogP) is 28.4. The molecule has 0 saturated heterocycles. The first-order valence-corrected chi connectivity index (χ1v) is 39.9. The van der Waals surface area contributed by atoms with Gasteiger partial charge in [0.25, 0.3) is 0 Å². The normalized spacial score (nSPS) is 15.5. The molecule has 15 aromatic carbocycles. The van der Waals surface area contributed by atoms with Crippen LogP contribution >= 0.6 is 12.8 Å². The molecule has 5 aliphatic rings. The van der Waals surface area contributed by atoms with Crippen molar-refractivity contribution in [2.75, 3.05) is 4.90 Å². The molecular weight excluding hydrogens is 1390 g/mol. The van der Waals surface area contributed by atoms with E-state index in [9.17, 15) is 5.41 Å². The molecule has 540 valence electrons. The maximum absolute atomic E-state index is 10.2. The van der Waals surface area contributed by atoms with Gasteiger partial charge in [-0.15, -0.1) is 0 Å². The lowest BCUT2D eigenvalue weighted by molar-refractivity contribution is 0.660. The molecule has 1 aromatic heterocycles. The quantitative estimate of drug-likeness (QED) is 0.0984. The lowest BCUT2D eigenvalue weighted by Crippen LogP contribution is -2.30. The van der Waals surface area contributed by atoms with Crippen molar-refractivity contribution in [3.8, 4) is 117 Å². The summed E-state index contributed by atoms with van der Waals surface area (Å²) in [6.45, 7) is 18.8. The average Bonchev–Trinajstić information content (AvgIpc) is 1.48. The second kappa shape index (κ2) is 25.3. The van der Waals surface area contributed by atoms with Crippen molar-refractivity contribution >= 4 is 63.0 Å². The van der Waals surface area contributed by atoms with E-state index in [2.05, 4.69) is 405 Å². The van der Waals surface area contributed by atoms with E-state index in [4.69, 9.17) is 17.2 Å². The van der Waals surface area contributed by atoms with E-state index in [0.717, 1.165) is 78.3 Å². The van der Waals surface area contributed by atoms with Crippen molar-refractivity contribution in [1.29, 1.82) is 5.41 Å². The van der Waals surface area contributed by atoms with Crippen molar-refractivity contribution in [2.24, 2.45) is 4.40 Å². The monoisotopic (exact) mass is 1470 g/mol. The van der Waals surface area contributed by atoms with Gasteiger partial charge in [-0.2, -0.15) is 0 Å². The molecule has 0 aliphatic heterocycles. The molecule has 0 atom stereocenters. The van der Waals surface area contributed by atoms with Crippen LogP contribution < -0.4 is 4.90 Å². The van der Waals surface area contributed by atoms with Gasteiger partial charge in [-0.3, -0.25) is 5.41 Å². The van der Waals surface area contributed by atoms with E-state index in [1.165, 1.54) is 133 Å². The third kappa shape index (κ3) is 10.5. The Labute approximate surface area is 667 Å². The van der Waals surface area contributed by atoms with Gasteiger partial charge >= 0.3 is 0 Å². The Bertz CT molecular complexity index is 6470. The summed E-state index contributed by atoms with van der Waals surface area (Å²) in [5.74, 6) is 0. The zero-order valence-electron chi connectivity index (χ0n) is 64.6. The first-order valence-electron chi connectivity index (χ1n) is 39.5. The van der Waals surface area contributed by atoms with Crippen LogP contribution in [0.4, 0.5) is 11.4 Å². The molecule has 16 aromatic rings. The number of rotatable bonds is 11. The summed E-state index contributed by atoms with van der Waals surface area (Å²) in [7, 11) is 0. The second-order valence-corrected chi connectivity index (χ2v) is 33.8. The molecule has 0 radical (unpaired) electrons. The Morgan fingerprint density at radius 2 is 0.540 bits per heavy atom. The molecule has 0 saturated carbocycles. The molecule has 5 aliphatic carbocycles. The van der Waals surface area contributed by atoms with Gasteiger partial charge in [0.15, 0.2) is 0 Å². The molecule has 21 rings (SSSR count). The highest BCUT2D eigenvalue weighted by atomic mass is 32.1. The first kappa shape index (κ1) is 68.1. The molecule has 1 heterocycles. The molecule has 0 fully saturated rings. The summed E-state index contributed by atoms with van der Waals surface area (Å²) in [6, 6.07) is 122.